The number of hydrogen-bond acceptors (Lipinski definition) is 4. The molecule has 3 nitrogen and oxygen atoms in total. The van der Waals surface area contributed by atoms with Crippen molar-refractivity contribution in [1.82, 2.24) is 5.01 Å². The minimum Gasteiger partial charge on any atom is -0.318 e. The zero-order valence-electron chi connectivity index (χ0n) is 10.8. The van der Waals surface area contributed by atoms with E-state index in [4.69, 9.17) is 5.26 Å². The van der Waals surface area contributed by atoms with Crippen LogP contribution in [0, 0.1) is 17.6 Å². The lowest BCUT2D eigenvalue weighted by molar-refractivity contribution is 0.206. The van der Waals surface area contributed by atoms with Crippen molar-refractivity contribution in [3.8, 4) is 5.40 Å². The first kappa shape index (κ1) is 13.9. The molecule has 0 aromatic heterocycles. The molecule has 1 aromatic carbocycles. The van der Waals surface area contributed by atoms with Crippen molar-refractivity contribution in [2.45, 2.75) is 33.2 Å². The van der Waals surface area contributed by atoms with E-state index < -0.39 is 0 Å². The van der Waals surface area contributed by atoms with E-state index in [-0.39, 0.29) is 5.54 Å². The average Bonchev–Trinajstić information content (AvgIpc) is 2.22. The molecule has 0 saturated carbocycles. The van der Waals surface area contributed by atoms with Gasteiger partial charge in [0.2, 0.25) is 0 Å². The monoisotopic (exact) mass is 249 g/mol. The van der Waals surface area contributed by atoms with Crippen LogP contribution in [0.1, 0.15) is 26.3 Å². The second-order valence-electron chi connectivity index (χ2n) is 4.94. The predicted molar refractivity (Wildman–Crippen MR) is 74.5 cm³/mol. The molecule has 0 radical (unpaired) electrons. The molecule has 0 amide bonds. The van der Waals surface area contributed by atoms with Crippen LogP contribution in [0.4, 0.5) is 5.69 Å². The minimum atomic E-state index is -0.0341. The maximum atomic E-state index is 8.65. The molecule has 1 N–H and O–H groups in total. The molecule has 1 aromatic rings. The molecule has 0 aliphatic rings. The quantitative estimate of drug-likeness (QED) is 0.503. The Labute approximate surface area is 108 Å². The number of thioether (sulfide) groups is 1. The molecular weight excluding hydrogens is 230 g/mol. The number of nitriles is 1. The Morgan fingerprint density at radius 2 is 2.12 bits per heavy atom. The molecule has 0 saturated heterocycles. The summed E-state index contributed by atoms with van der Waals surface area (Å²) in [6.07, 6.45) is 0. The molecule has 0 atom stereocenters. The van der Waals surface area contributed by atoms with Gasteiger partial charge in [-0.3, -0.25) is 0 Å². The highest BCUT2D eigenvalue weighted by Gasteiger charge is 2.21. The molecular formula is C13H19N3S. The number of anilines is 1. The van der Waals surface area contributed by atoms with Gasteiger partial charge in [0.05, 0.1) is 5.88 Å². The lowest BCUT2D eigenvalue weighted by atomic mass is 10.1. The minimum absolute atomic E-state index is 0.0341. The van der Waals surface area contributed by atoms with Gasteiger partial charge in [0.1, 0.15) is 5.40 Å². The number of benzene rings is 1. The van der Waals surface area contributed by atoms with E-state index in [2.05, 4.69) is 55.7 Å². The van der Waals surface area contributed by atoms with Gasteiger partial charge in [0, 0.05) is 11.2 Å². The highest BCUT2D eigenvalue weighted by molar-refractivity contribution is 8.03. The van der Waals surface area contributed by atoms with Gasteiger partial charge in [0.15, 0.2) is 0 Å². The van der Waals surface area contributed by atoms with Gasteiger partial charge in [-0.15, -0.1) is 0 Å². The molecule has 4 heteroatoms. The van der Waals surface area contributed by atoms with Crippen LogP contribution >= 0.6 is 11.8 Å². The van der Waals surface area contributed by atoms with Gasteiger partial charge in [-0.2, -0.15) is 5.26 Å². The SMILES string of the molecule is Cc1cccc(NN(CSC#N)C(C)(C)C)c1. The van der Waals surface area contributed by atoms with E-state index in [0.29, 0.717) is 5.88 Å². The maximum Gasteiger partial charge on any atom is 0.134 e. The summed E-state index contributed by atoms with van der Waals surface area (Å²) in [7, 11) is 0. The average molecular weight is 249 g/mol. The highest BCUT2D eigenvalue weighted by Crippen LogP contribution is 2.19. The smallest absolute Gasteiger partial charge is 0.134 e. The Balaban J connectivity index is 2.76. The van der Waals surface area contributed by atoms with E-state index in [1.54, 1.807) is 0 Å². The molecule has 17 heavy (non-hydrogen) atoms. The van der Waals surface area contributed by atoms with Gasteiger partial charge < -0.3 is 5.43 Å². The highest BCUT2D eigenvalue weighted by atomic mass is 32.2. The Bertz CT molecular complexity index is 404. The Kier molecular flexibility index (Phi) is 4.86. The van der Waals surface area contributed by atoms with Crippen molar-refractivity contribution in [2.75, 3.05) is 11.3 Å². The summed E-state index contributed by atoms with van der Waals surface area (Å²) in [6.45, 7) is 8.42. The van der Waals surface area contributed by atoms with Crippen LogP contribution in [-0.4, -0.2) is 16.4 Å². The third-order valence-corrected chi connectivity index (χ3v) is 2.87. The third-order valence-electron chi connectivity index (χ3n) is 2.35. The molecule has 0 bridgehead atoms. The molecule has 0 spiro atoms. The molecule has 0 unspecified atom stereocenters. The van der Waals surface area contributed by atoms with Crippen LogP contribution in [0.15, 0.2) is 24.3 Å². The topological polar surface area (TPSA) is 39.1 Å². The van der Waals surface area contributed by atoms with Gasteiger partial charge in [0.25, 0.3) is 0 Å². The van der Waals surface area contributed by atoms with Gasteiger partial charge in [-0.05, 0) is 57.2 Å². The van der Waals surface area contributed by atoms with Crippen LogP contribution in [0.5, 0.6) is 0 Å². The molecule has 0 heterocycles. The van der Waals surface area contributed by atoms with E-state index in [1.807, 2.05) is 12.1 Å². The van der Waals surface area contributed by atoms with Crippen molar-refractivity contribution in [2.24, 2.45) is 0 Å². The molecule has 0 aliphatic heterocycles. The van der Waals surface area contributed by atoms with Crippen LogP contribution in [0.2, 0.25) is 0 Å². The number of nitrogens with zero attached hydrogens (tertiary/aromatic N) is 2. The second-order valence-corrected chi connectivity index (χ2v) is 5.67. The summed E-state index contributed by atoms with van der Waals surface area (Å²) in [6, 6.07) is 8.21. The van der Waals surface area contributed by atoms with Crippen molar-refractivity contribution < 1.29 is 0 Å². The number of hydrogen-bond donors (Lipinski definition) is 1. The van der Waals surface area contributed by atoms with Gasteiger partial charge in [-0.1, -0.05) is 12.1 Å². The Morgan fingerprint density at radius 3 is 2.65 bits per heavy atom. The number of nitrogens with one attached hydrogen (secondary N) is 1. The Morgan fingerprint density at radius 1 is 1.41 bits per heavy atom. The van der Waals surface area contributed by atoms with Crippen LogP contribution in [0.3, 0.4) is 0 Å². The molecule has 0 aliphatic carbocycles. The number of thiocyanates is 1. The van der Waals surface area contributed by atoms with E-state index in [9.17, 15) is 0 Å². The summed E-state index contributed by atoms with van der Waals surface area (Å²) < 4.78 is 0. The Hall–Kier alpha value is -1.18. The second kappa shape index (κ2) is 5.95. The van der Waals surface area contributed by atoms with E-state index in [0.717, 1.165) is 5.69 Å². The summed E-state index contributed by atoms with van der Waals surface area (Å²) in [5, 5.41) is 12.8. The number of rotatable bonds is 4. The van der Waals surface area contributed by atoms with Crippen molar-refractivity contribution in [3.05, 3.63) is 29.8 Å². The predicted octanol–water partition coefficient (Wildman–Crippen LogP) is 3.59. The van der Waals surface area contributed by atoms with E-state index >= 15 is 0 Å². The van der Waals surface area contributed by atoms with E-state index in [1.165, 1.54) is 17.3 Å². The standard InChI is InChI=1S/C13H19N3S/c1-11-6-5-7-12(8-11)15-16(10-17-9-14)13(2,3)4/h5-8,15H,10H2,1-4H3. The van der Waals surface area contributed by atoms with Crippen LogP contribution in [-0.2, 0) is 0 Å². The van der Waals surface area contributed by atoms with Crippen molar-refractivity contribution in [3.63, 3.8) is 0 Å². The third kappa shape index (κ3) is 4.68. The summed E-state index contributed by atoms with van der Waals surface area (Å²) in [5.41, 5.74) is 5.60. The zero-order valence-corrected chi connectivity index (χ0v) is 11.6. The summed E-state index contributed by atoms with van der Waals surface area (Å²) >= 11 is 1.24. The lowest BCUT2D eigenvalue weighted by Gasteiger charge is -2.35. The normalized spacial score (nSPS) is 11.3. The summed E-state index contributed by atoms with van der Waals surface area (Å²) in [4.78, 5) is 0. The van der Waals surface area contributed by atoms with Crippen molar-refractivity contribution >= 4 is 17.4 Å². The van der Waals surface area contributed by atoms with Gasteiger partial charge in [-0.25, -0.2) is 5.01 Å². The molecule has 1 rings (SSSR count). The first-order valence-corrected chi connectivity index (χ1v) is 6.54. The zero-order chi connectivity index (χ0) is 12.9. The molecule has 0 fully saturated rings. The fraction of sp³-hybridized carbons (Fsp3) is 0.462. The number of aryl methyl sites for hydroxylation is 1. The molecule has 92 valence electrons. The van der Waals surface area contributed by atoms with Gasteiger partial charge >= 0.3 is 0 Å². The maximum absolute atomic E-state index is 8.65. The van der Waals surface area contributed by atoms with Crippen molar-refractivity contribution in [1.29, 1.82) is 5.26 Å². The fourth-order valence-electron chi connectivity index (χ4n) is 1.36. The summed E-state index contributed by atoms with van der Waals surface area (Å²) in [5.74, 6) is 0.633. The van der Waals surface area contributed by atoms with Crippen LogP contribution in [0.25, 0.3) is 0 Å². The number of hydrazine groups is 1. The van der Waals surface area contributed by atoms with Crippen LogP contribution < -0.4 is 5.43 Å². The lowest BCUT2D eigenvalue weighted by Crippen LogP contribution is -2.45. The first-order chi connectivity index (χ1) is 7.93. The first-order valence-electron chi connectivity index (χ1n) is 5.55. The largest absolute Gasteiger partial charge is 0.318 e. The fourth-order valence-corrected chi connectivity index (χ4v) is 2.00.